The number of hydrogen-bond donors (Lipinski definition) is 2. The van der Waals surface area contributed by atoms with Gasteiger partial charge in [-0.05, 0) is 48.9 Å². The number of carbonyl (C=O) groups is 1. The molecule has 0 unspecified atom stereocenters. The van der Waals surface area contributed by atoms with Crippen LogP contribution in [0.5, 0.6) is 0 Å². The fourth-order valence-corrected chi connectivity index (χ4v) is 2.77. The number of carbonyl (C=O) groups excluding carboxylic acids is 1. The highest BCUT2D eigenvalue weighted by molar-refractivity contribution is 5.91. The molecule has 1 heterocycles. The number of nitrogens with one attached hydrogen (secondary N) is 2. The first-order valence-electron chi connectivity index (χ1n) is 7.92. The van der Waals surface area contributed by atoms with E-state index in [9.17, 15) is 18.0 Å². The molecule has 1 saturated heterocycles. The van der Waals surface area contributed by atoms with Gasteiger partial charge in [-0.2, -0.15) is 0 Å². The second-order valence-electron chi connectivity index (χ2n) is 5.93. The molecule has 0 spiro atoms. The molecule has 1 atom stereocenters. The summed E-state index contributed by atoms with van der Waals surface area (Å²) in [5, 5.41) is 5.67. The van der Waals surface area contributed by atoms with Crippen LogP contribution in [0.3, 0.4) is 0 Å². The summed E-state index contributed by atoms with van der Waals surface area (Å²) in [5.41, 5.74) is 0.492. The molecule has 25 heavy (non-hydrogen) atoms. The van der Waals surface area contributed by atoms with E-state index in [0.717, 1.165) is 49.8 Å². The van der Waals surface area contributed by atoms with Crippen molar-refractivity contribution in [3.8, 4) is 11.1 Å². The largest absolute Gasteiger partial charge is 0.449 e. The van der Waals surface area contributed by atoms with Gasteiger partial charge in [0, 0.05) is 24.1 Å². The molecule has 7 heteroatoms. The minimum atomic E-state index is -0.790. The second-order valence-corrected chi connectivity index (χ2v) is 5.93. The van der Waals surface area contributed by atoms with Crippen molar-refractivity contribution < 1.29 is 22.7 Å². The van der Waals surface area contributed by atoms with Crippen LogP contribution in [-0.4, -0.2) is 25.8 Å². The van der Waals surface area contributed by atoms with Gasteiger partial charge in [0.2, 0.25) is 0 Å². The smallest absolute Gasteiger partial charge is 0.411 e. The number of hydrogen-bond acceptors (Lipinski definition) is 3. The molecule has 4 nitrogen and oxygen atoms in total. The van der Waals surface area contributed by atoms with Crippen LogP contribution in [0, 0.1) is 23.4 Å². The van der Waals surface area contributed by atoms with Crippen LogP contribution in [-0.2, 0) is 4.74 Å². The topological polar surface area (TPSA) is 50.4 Å². The molecule has 0 radical (unpaired) electrons. The van der Waals surface area contributed by atoms with Gasteiger partial charge in [0.15, 0.2) is 0 Å². The molecule has 2 N–H and O–H groups in total. The van der Waals surface area contributed by atoms with E-state index in [1.165, 1.54) is 6.07 Å². The van der Waals surface area contributed by atoms with Gasteiger partial charge in [0.1, 0.15) is 17.5 Å². The maximum atomic E-state index is 13.6. The Kier molecular flexibility index (Phi) is 5.23. The predicted molar refractivity (Wildman–Crippen MR) is 87.7 cm³/mol. The number of ether oxygens (including phenoxy) is 1. The zero-order valence-electron chi connectivity index (χ0n) is 13.3. The van der Waals surface area contributed by atoms with Gasteiger partial charge in [-0.3, -0.25) is 5.32 Å². The molecule has 1 amide bonds. The van der Waals surface area contributed by atoms with E-state index >= 15 is 0 Å². The molecule has 1 aliphatic rings. The van der Waals surface area contributed by atoms with Crippen molar-refractivity contribution in [2.24, 2.45) is 5.92 Å². The molecule has 1 fully saturated rings. The zero-order valence-corrected chi connectivity index (χ0v) is 13.3. The third-order valence-electron chi connectivity index (χ3n) is 4.00. The molecule has 132 valence electrons. The zero-order chi connectivity index (χ0) is 17.8. The quantitative estimate of drug-likeness (QED) is 0.878. The highest BCUT2D eigenvalue weighted by Gasteiger charge is 2.17. The van der Waals surface area contributed by atoms with Crippen LogP contribution in [0.4, 0.5) is 23.7 Å². The second kappa shape index (κ2) is 7.57. The molecule has 0 aliphatic carbocycles. The lowest BCUT2D eigenvalue weighted by molar-refractivity contribution is 0.144. The van der Waals surface area contributed by atoms with Gasteiger partial charge in [-0.1, -0.05) is 0 Å². The Labute approximate surface area is 143 Å². The third-order valence-corrected chi connectivity index (χ3v) is 4.00. The minimum Gasteiger partial charge on any atom is -0.449 e. The van der Waals surface area contributed by atoms with Crippen LogP contribution in [0.15, 0.2) is 36.4 Å². The van der Waals surface area contributed by atoms with Crippen molar-refractivity contribution in [3.63, 3.8) is 0 Å². The summed E-state index contributed by atoms with van der Waals surface area (Å²) in [6.45, 7) is 1.95. The maximum absolute atomic E-state index is 13.6. The summed E-state index contributed by atoms with van der Waals surface area (Å²) in [6.07, 6.45) is 0.231. The molecule has 0 bridgehead atoms. The molecular formula is C18H17F3N2O2. The van der Waals surface area contributed by atoms with E-state index in [-0.39, 0.29) is 29.3 Å². The van der Waals surface area contributed by atoms with E-state index in [2.05, 4.69) is 10.6 Å². The van der Waals surface area contributed by atoms with Crippen LogP contribution < -0.4 is 10.6 Å². The summed E-state index contributed by atoms with van der Waals surface area (Å²) < 4.78 is 45.7. The van der Waals surface area contributed by atoms with Crippen LogP contribution >= 0.6 is 0 Å². The summed E-state index contributed by atoms with van der Waals surface area (Å²) >= 11 is 0. The lowest BCUT2D eigenvalue weighted by atomic mass is 10.0. The Balaban J connectivity index is 1.77. The highest BCUT2D eigenvalue weighted by Crippen LogP contribution is 2.30. The van der Waals surface area contributed by atoms with Crippen molar-refractivity contribution in [2.45, 2.75) is 6.42 Å². The number of benzene rings is 2. The van der Waals surface area contributed by atoms with Crippen LogP contribution in [0.2, 0.25) is 0 Å². The van der Waals surface area contributed by atoms with E-state index in [1.54, 1.807) is 0 Å². The van der Waals surface area contributed by atoms with Crippen molar-refractivity contribution >= 4 is 11.8 Å². The molecule has 1 aliphatic heterocycles. The fourth-order valence-electron chi connectivity index (χ4n) is 2.77. The number of anilines is 1. The van der Waals surface area contributed by atoms with Crippen molar-refractivity contribution in [3.05, 3.63) is 53.8 Å². The van der Waals surface area contributed by atoms with Gasteiger partial charge in [-0.25, -0.2) is 18.0 Å². The summed E-state index contributed by atoms with van der Waals surface area (Å²) in [4.78, 5) is 12.0. The fraction of sp³-hybridized carbons (Fsp3) is 0.278. The summed E-state index contributed by atoms with van der Waals surface area (Å²) in [6, 6.07) is 6.43. The van der Waals surface area contributed by atoms with Gasteiger partial charge in [-0.15, -0.1) is 0 Å². The molecule has 2 aromatic rings. The number of rotatable bonds is 4. The molecule has 2 aromatic carbocycles. The van der Waals surface area contributed by atoms with Crippen LogP contribution in [0.25, 0.3) is 11.1 Å². The van der Waals surface area contributed by atoms with E-state index in [4.69, 9.17) is 4.74 Å². The van der Waals surface area contributed by atoms with E-state index in [1.807, 2.05) is 0 Å². The van der Waals surface area contributed by atoms with Gasteiger partial charge in [0.05, 0.1) is 12.3 Å². The minimum absolute atomic E-state index is 0.118. The standard InChI is InChI=1S/C18H17F3N2O2/c19-13-1-2-17(23-18(24)25-10-11-3-4-22-9-11)16(8-13)12-5-14(20)7-15(21)6-12/h1-2,5-8,11,22H,3-4,9-10H2,(H,23,24)/t11-/m1/s1. The first-order valence-corrected chi connectivity index (χ1v) is 7.92. The first kappa shape index (κ1) is 17.3. The van der Waals surface area contributed by atoms with Crippen molar-refractivity contribution in [1.82, 2.24) is 5.32 Å². The Morgan fingerprint density at radius 3 is 2.56 bits per heavy atom. The molecule has 3 rings (SSSR count). The van der Waals surface area contributed by atoms with Crippen molar-refractivity contribution in [2.75, 3.05) is 25.0 Å². The lowest BCUT2D eigenvalue weighted by Gasteiger charge is -2.14. The van der Waals surface area contributed by atoms with Crippen molar-refractivity contribution in [1.29, 1.82) is 0 Å². The normalized spacial score (nSPS) is 16.7. The predicted octanol–water partition coefficient (Wildman–Crippen LogP) is 3.93. The van der Waals surface area contributed by atoms with Gasteiger partial charge in [0.25, 0.3) is 0 Å². The maximum Gasteiger partial charge on any atom is 0.411 e. The average molecular weight is 350 g/mol. The highest BCUT2D eigenvalue weighted by atomic mass is 19.1. The Morgan fingerprint density at radius 1 is 1.12 bits per heavy atom. The number of halogens is 3. The average Bonchev–Trinajstić information content (AvgIpc) is 3.07. The summed E-state index contributed by atoms with van der Waals surface area (Å²) in [7, 11) is 0. The molecule has 0 aromatic heterocycles. The number of amides is 1. The SMILES string of the molecule is O=C(Nc1ccc(F)cc1-c1cc(F)cc(F)c1)OC[C@@H]1CCNC1. The monoisotopic (exact) mass is 350 g/mol. The Bertz CT molecular complexity index is 757. The third kappa shape index (κ3) is 4.51. The van der Waals surface area contributed by atoms with Crippen LogP contribution in [0.1, 0.15) is 6.42 Å². The van der Waals surface area contributed by atoms with E-state index in [0.29, 0.717) is 0 Å². The van der Waals surface area contributed by atoms with Gasteiger partial charge >= 0.3 is 6.09 Å². The molecular weight excluding hydrogens is 333 g/mol. The Hall–Kier alpha value is -2.54. The van der Waals surface area contributed by atoms with E-state index < -0.39 is 23.5 Å². The molecule has 0 saturated carbocycles. The summed E-state index contributed by atoms with van der Waals surface area (Å²) in [5.74, 6) is -1.91. The first-order chi connectivity index (χ1) is 12.0. The van der Waals surface area contributed by atoms with Gasteiger partial charge < -0.3 is 10.1 Å². The Morgan fingerprint density at radius 2 is 1.88 bits per heavy atom. The lowest BCUT2D eigenvalue weighted by Crippen LogP contribution is -2.20.